The summed E-state index contributed by atoms with van der Waals surface area (Å²) in [7, 11) is 2.12. The maximum Gasteiger partial charge on any atom is 0.239 e. The second kappa shape index (κ2) is 6.53. The Hall–Kier alpha value is -0.610. The normalized spacial score (nSPS) is 27.3. The van der Waals surface area contributed by atoms with Gasteiger partial charge in [-0.15, -0.1) is 0 Å². The Labute approximate surface area is 111 Å². The molecule has 2 rings (SSSR count). The molecule has 0 radical (unpaired) electrons. The minimum absolute atomic E-state index is 0.0335. The number of nitrogens with one attached hydrogen (secondary N) is 1. The maximum atomic E-state index is 12.4. The van der Waals surface area contributed by atoms with Crippen LogP contribution in [0.3, 0.4) is 0 Å². The Morgan fingerprint density at radius 3 is 2.67 bits per heavy atom. The topological polar surface area (TPSA) is 35.6 Å². The third-order valence-corrected chi connectivity index (χ3v) is 4.51. The van der Waals surface area contributed by atoms with Crippen molar-refractivity contribution in [3.63, 3.8) is 0 Å². The van der Waals surface area contributed by atoms with E-state index in [2.05, 4.69) is 24.2 Å². The predicted octanol–water partition coefficient (Wildman–Crippen LogP) is 1.07. The highest BCUT2D eigenvalue weighted by atomic mass is 16.2. The molecule has 104 valence electrons. The first kappa shape index (κ1) is 13.8. The summed E-state index contributed by atoms with van der Waals surface area (Å²) < 4.78 is 0. The molecule has 0 aromatic carbocycles. The van der Waals surface area contributed by atoms with Crippen LogP contribution in [0, 0.1) is 0 Å². The lowest BCUT2D eigenvalue weighted by molar-refractivity contribution is -0.135. The van der Waals surface area contributed by atoms with Crippen molar-refractivity contribution >= 4 is 5.91 Å². The van der Waals surface area contributed by atoms with Gasteiger partial charge in [0.15, 0.2) is 0 Å². The summed E-state index contributed by atoms with van der Waals surface area (Å²) in [6.45, 7) is 6.20. The van der Waals surface area contributed by atoms with E-state index in [0.717, 1.165) is 32.6 Å². The van der Waals surface area contributed by atoms with Crippen LogP contribution in [0.1, 0.15) is 39.0 Å². The van der Waals surface area contributed by atoms with Crippen LogP contribution in [0.15, 0.2) is 0 Å². The predicted molar refractivity (Wildman–Crippen MR) is 73.5 cm³/mol. The van der Waals surface area contributed by atoms with Gasteiger partial charge in [-0.2, -0.15) is 0 Å². The summed E-state index contributed by atoms with van der Waals surface area (Å²) in [5.74, 6) is 0.326. The molecular weight excluding hydrogens is 226 g/mol. The van der Waals surface area contributed by atoms with Crippen molar-refractivity contribution in [3.8, 4) is 0 Å². The molecule has 0 aromatic rings. The molecule has 18 heavy (non-hydrogen) atoms. The molecule has 0 spiro atoms. The van der Waals surface area contributed by atoms with Gasteiger partial charge in [-0.3, -0.25) is 9.69 Å². The van der Waals surface area contributed by atoms with E-state index in [1.54, 1.807) is 0 Å². The van der Waals surface area contributed by atoms with Crippen LogP contribution in [-0.4, -0.2) is 61.0 Å². The SMILES string of the molecule is CC(C(=O)N1CCCC1)N(C)C1CCCNCC1. The van der Waals surface area contributed by atoms with Crippen LogP contribution in [0.5, 0.6) is 0 Å². The first-order valence-corrected chi connectivity index (χ1v) is 7.41. The number of carbonyl (C=O) groups excluding carboxylic acids is 1. The summed E-state index contributed by atoms with van der Waals surface area (Å²) >= 11 is 0. The van der Waals surface area contributed by atoms with E-state index < -0.39 is 0 Å². The van der Waals surface area contributed by atoms with E-state index in [1.165, 1.54) is 25.7 Å². The van der Waals surface area contributed by atoms with Gasteiger partial charge in [-0.05, 0) is 59.2 Å². The van der Waals surface area contributed by atoms with Gasteiger partial charge in [0.05, 0.1) is 6.04 Å². The Bertz CT molecular complexity index is 268. The Morgan fingerprint density at radius 1 is 1.22 bits per heavy atom. The summed E-state index contributed by atoms with van der Waals surface area (Å²) in [6, 6.07) is 0.591. The van der Waals surface area contributed by atoms with Crippen LogP contribution in [0.25, 0.3) is 0 Å². The van der Waals surface area contributed by atoms with Gasteiger partial charge >= 0.3 is 0 Å². The van der Waals surface area contributed by atoms with Gasteiger partial charge in [0.2, 0.25) is 5.91 Å². The van der Waals surface area contributed by atoms with Crippen LogP contribution >= 0.6 is 0 Å². The van der Waals surface area contributed by atoms with Crippen molar-refractivity contribution < 1.29 is 4.79 Å². The number of rotatable bonds is 3. The van der Waals surface area contributed by atoms with E-state index in [9.17, 15) is 4.79 Å². The van der Waals surface area contributed by atoms with Crippen molar-refractivity contribution in [2.45, 2.75) is 51.1 Å². The molecule has 2 fully saturated rings. The highest BCUT2D eigenvalue weighted by Crippen LogP contribution is 2.17. The van der Waals surface area contributed by atoms with Gasteiger partial charge < -0.3 is 10.2 Å². The first-order valence-electron chi connectivity index (χ1n) is 7.41. The average molecular weight is 253 g/mol. The second-order valence-corrected chi connectivity index (χ2v) is 5.71. The lowest BCUT2D eigenvalue weighted by atomic mass is 10.1. The molecule has 0 bridgehead atoms. The molecule has 0 aliphatic carbocycles. The molecule has 4 nitrogen and oxygen atoms in total. The fourth-order valence-corrected chi connectivity index (χ4v) is 3.10. The fraction of sp³-hybridized carbons (Fsp3) is 0.929. The number of nitrogens with zero attached hydrogens (tertiary/aromatic N) is 2. The Kier molecular flexibility index (Phi) is 5.01. The molecule has 2 saturated heterocycles. The lowest BCUT2D eigenvalue weighted by Gasteiger charge is -2.33. The molecule has 1 N–H and O–H groups in total. The number of amides is 1. The van der Waals surface area contributed by atoms with Crippen molar-refractivity contribution in [2.24, 2.45) is 0 Å². The molecular formula is C14H27N3O. The summed E-state index contributed by atoms with van der Waals surface area (Å²) in [6.07, 6.45) is 5.94. The Balaban J connectivity index is 1.89. The van der Waals surface area contributed by atoms with E-state index in [-0.39, 0.29) is 6.04 Å². The number of hydrogen-bond donors (Lipinski definition) is 1. The molecule has 2 unspecified atom stereocenters. The highest BCUT2D eigenvalue weighted by Gasteiger charge is 2.29. The minimum Gasteiger partial charge on any atom is -0.341 e. The van der Waals surface area contributed by atoms with Gasteiger partial charge in [0.25, 0.3) is 0 Å². The molecule has 4 heteroatoms. The van der Waals surface area contributed by atoms with Crippen LogP contribution in [-0.2, 0) is 4.79 Å². The van der Waals surface area contributed by atoms with Gasteiger partial charge in [-0.1, -0.05) is 0 Å². The summed E-state index contributed by atoms with van der Waals surface area (Å²) in [4.78, 5) is 16.7. The second-order valence-electron chi connectivity index (χ2n) is 5.71. The van der Waals surface area contributed by atoms with Crippen molar-refractivity contribution in [3.05, 3.63) is 0 Å². The monoisotopic (exact) mass is 253 g/mol. The van der Waals surface area contributed by atoms with Crippen molar-refractivity contribution in [2.75, 3.05) is 33.2 Å². The third-order valence-electron chi connectivity index (χ3n) is 4.51. The van der Waals surface area contributed by atoms with E-state index >= 15 is 0 Å². The van der Waals surface area contributed by atoms with Crippen molar-refractivity contribution in [1.29, 1.82) is 0 Å². The third kappa shape index (κ3) is 3.23. The number of likely N-dealkylation sites (N-methyl/N-ethyl adjacent to an activating group) is 1. The molecule has 2 heterocycles. The summed E-state index contributed by atoms with van der Waals surface area (Å²) in [5, 5.41) is 3.43. The van der Waals surface area contributed by atoms with E-state index in [1.807, 2.05) is 4.90 Å². The highest BCUT2D eigenvalue weighted by molar-refractivity contribution is 5.81. The smallest absolute Gasteiger partial charge is 0.239 e. The minimum atomic E-state index is 0.0335. The van der Waals surface area contributed by atoms with Gasteiger partial charge in [-0.25, -0.2) is 0 Å². The first-order chi connectivity index (χ1) is 8.70. The molecule has 1 amide bonds. The molecule has 2 aliphatic heterocycles. The average Bonchev–Trinajstić information content (AvgIpc) is 2.78. The fourth-order valence-electron chi connectivity index (χ4n) is 3.10. The maximum absolute atomic E-state index is 12.4. The van der Waals surface area contributed by atoms with E-state index in [0.29, 0.717) is 11.9 Å². The van der Waals surface area contributed by atoms with Gasteiger partial charge in [0.1, 0.15) is 0 Å². The molecule has 2 atom stereocenters. The lowest BCUT2D eigenvalue weighted by Crippen LogP contribution is -2.48. The molecule has 2 aliphatic rings. The number of carbonyl (C=O) groups is 1. The standard InChI is InChI=1S/C14H27N3O/c1-12(14(18)17-10-3-4-11-17)16(2)13-6-5-8-15-9-7-13/h12-13,15H,3-11H2,1-2H3. The summed E-state index contributed by atoms with van der Waals surface area (Å²) in [5.41, 5.74) is 0. The Morgan fingerprint density at radius 2 is 1.94 bits per heavy atom. The van der Waals surface area contributed by atoms with Gasteiger partial charge in [0, 0.05) is 19.1 Å². The van der Waals surface area contributed by atoms with Crippen molar-refractivity contribution in [1.82, 2.24) is 15.1 Å². The van der Waals surface area contributed by atoms with Crippen LogP contribution in [0.2, 0.25) is 0 Å². The van der Waals surface area contributed by atoms with Crippen LogP contribution < -0.4 is 5.32 Å². The molecule has 0 aromatic heterocycles. The van der Waals surface area contributed by atoms with E-state index in [4.69, 9.17) is 0 Å². The number of likely N-dealkylation sites (tertiary alicyclic amines) is 1. The zero-order chi connectivity index (χ0) is 13.0. The largest absolute Gasteiger partial charge is 0.341 e. The molecule has 0 saturated carbocycles. The van der Waals surface area contributed by atoms with Crippen LogP contribution in [0.4, 0.5) is 0 Å². The zero-order valence-corrected chi connectivity index (χ0v) is 11.8. The number of hydrogen-bond acceptors (Lipinski definition) is 3. The quantitative estimate of drug-likeness (QED) is 0.817. The zero-order valence-electron chi connectivity index (χ0n) is 11.8.